The number of hydrogen-bond donors (Lipinski definition) is 2. The maximum Gasteiger partial charge on any atom is 0.309 e. The van der Waals surface area contributed by atoms with Gasteiger partial charge in [0, 0.05) is 0 Å². The summed E-state index contributed by atoms with van der Waals surface area (Å²) in [6.07, 6.45) is 12.4. The van der Waals surface area contributed by atoms with Crippen LogP contribution in [0.15, 0.2) is 0 Å². The van der Waals surface area contributed by atoms with Crippen molar-refractivity contribution in [3.05, 3.63) is 0 Å². The zero-order valence-electron chi connectivity index (χ0n) is 16.3. The molecule has 0 aliphatic heterocycles. The standard InChI is InChI=1S/C22H30O4.2ClH/c23-17(24)19-3-13-1-14(4-19)8-21(7-13,11-19)22-9-15-2-16(10-22)6-20(5-15,12-22)18(25)26;;/h13-16H,1-12H2,(H,23,24)(H,25,26);2*1H. The van der Waals surface area contributed by atoms with Gasteiger partial charge in [0.15, 0.2) is 0 Å². The lowest BCUT2D eigenvalue weighted by molar-refractivity contribution is -0.242. The lowest BCUT2D eigenvalue weighted by Crippen LogP contribution is -2.66. The number of carboxylic acid groups (broad SMARTS) is 2. The van der Waals surface area contributed by atoms with Gasteiger partial charge < -0.3 is 10.2 Å². The second-order valence-electron chi connectivity index (χ2n) is 11.7. The van der Waals surface area contributed by atoms with Gasteiger partial charge in [-0.15, -0.1) is 24.8 Å². The molecule has 0 amide bonds. The smallest absolute Gasteiger partial charge is 0.309 e. The van der Waals surface area contributed by atoms with Crippen LogP contribution in [0.1, 0.15) is 77.0 Å². The van der Waals surface area contributed by atoms with Gasteiger partial charge in [0.05, 0.1) is 10.8 Å². The van der Waals surface area contributed by atoms with E-state index >= 15 is 0 Å². The molecule has 0 heterocycles. The van der Waals surface area contributed by atoms with E-state index in [2.05, 4.69) is 0 Å². The van der Waals surface area contributed by atoms with Crippen LogP contribution in [0.3, 0.4) is 0 Å². The Kier molecular flexibility index (Phi) is 4.47. The Morgan fingerprint density at radius 3 is 1.11 bits per heavy atom. The molecule has 0 aromatic heterocycles. The van der Waals surface area contributed by atoms with Crippen molar-refractivity contribution in [3.8, 4) is 0 Å². The van der Waals surface area contributed by atoms with Crippen molar-refractivity contribution in [3.63, 3.8) is 0 Å². The highest BCUT2D eigenvalue weighted by Gasteiger charge is 2.72. The molecule has 4 atom stereocenters. The van der Waals surface area contributed by atoms with Gasteiger partial charge >= 0.3 is 11.9 Å². The van der Waals surface area contributed by atoms with E-state index in [0.29, 0.717) is 23.7 Å². The van der Waals surface area contributed by atoms with Crippen LogP contribution in [0, 0.1) is 45.3 Å². The molecule has 0 aromatic carbocycles. The van der Waals surface area contributed by atoms with Crippen LogP contribution in [0.5, 0.6) is 0 Å². The fraction of sp³-hybridized carbons (Fsp3) is 0.909. The minimum atomic E-state index is -0.561. The highest BCUT2D eigenvalue weighted by molar-refractivity contribution is 5.85. The second-order valence-corrected chi connectivity index (χ2v) is 11.7. The van der Waals surface area contributed by atoms with E-state index in [1.807, 2.05) is 0 Å². The van der Waals surface area contributed by atoms with Gasteiger partial charge in [-0.25, -0.2) is 0 Å². The summed E-state index contributed by atoms with van der Waals surface area (Å²) in [6, 6.07) is 0. The van der Waals surface area contributed by atoms with Crippen LogP contribution in [-0.4, -0.2) is 22.2 Å². The molecule has 8 aliphatic rings. The minimum Gasteiger partial charge on any atom is -0.481 e. The topological polar surface area (TPSA) is 74.6 Å². The Labute approximate surface area is 179 Å². The second kappa shape index (κ2) is 6.03. The Morgan fingerprint density at radius 2 is 0.857 bits per heavy atom. The van der Waals surface area contributed by atoms with Crippen LogP contribution in [0.4, 0.5) is 0 Å². The predicted molar refractivity (Wildman–Crippen MR) is 109 cm³/mol. The van der Waals surface area contributed by atoms with Crippen molar-refractivity contribution < 1.29 is 19.8 Å². The summed E-state index contributed by atoms with van der Waals surface area (Å²) in [5.74, 6) is 1.16. The number of carbonyl (C=O) groups is 2. The summed E-state index contributed by atoms with van der Waals surface area (Å²) in [4.78, 5) is 24.6. The molecule has 8 saturated carbocycles. The zero-order valence-corrected chi connectivity index (χ0v) is 18.0. The number of carboxylic acids is 2. The molecule has 8 fully saturated rings. The molecular formula is C22H32Cl2O4. The molecule has 0 spiro atoms. The fourth-order valence-corrected chi connectivity index (χ4v) is 10.3. The molecule has 158 valence electrons. The van der Waals surface area contributed by atoms with E-state index in [4.69, 9.17) is 0 Å². The SMILES string of the molecule is Cl.Cl.O=C(O)C12CC3CC(C1)CC(C14CC5CC(CC(C(=O)O)(C5)C1)C4)(C3)C2. The van der Waals surface area contributed by atoms with Crippen molar-refractivity contribution in [2.75, 3.05) is 0 Å². The number of rotatable bonds is 3. The van der Waals surface area contributed by atoms with Gasteiger partial charge in [-0.2, -0.15) is 0 Å². The lowest BCUT2D eigenvalue weighted by Gasteiger charge is -2.72. The third-order valence-electron chi connectivity index (χ3n) is 10.2. The predicted octanol–water partition coefficient (Wildman–Crippen LogP) is 5.17. The highest BCUT2D eigenvalue weighted by atomic mass is 35.5. The average molecular weight is 431 g/mol. The summed E-state index contributed by atoms with van der Waals surface area (Å²) in [5.41, 5.74) is -0.754. The van der Waals surface area contributed by atoms with Gasteiger partial charge in [-0.3, -0.25) is 9.59 Å². The Morgan fingerprint density at radius 1 is 0.571 bits per heavy atom. The Balaban J connectivity index is 0.000000961. The minimum absolute atomic E-state index is 0. The van der Waals surface area contributed by atoms with Crippen LogP contribution < -0.4 is 0 Å². The van der Waals surface area contributed by atoms with Gasteiger partial charge in [-0.1, -0.05) is 0 Å². The zero-order chi connectivity index (χ0) is 17.9. The van der Waals surface area contributed by atoms with Crippen LogP contribution in [0.25, 0.3) is 0 Å². The van der Waals surface area contributed by atoms with Crippen LogP contribution in [-0.2, 0) is 9.59 Å². The molecule has 0 saturated heterocycles. The van der Waals surface area contributed by atoms with E-state index in [9.17, 15) is 19.8 Å². The maximum absolute atomic E-state index is 12.3. The van der Waals surface area contributed by atoms with Crippen molar-refractivity contribution in [1.29, 1.82) is 0 Å². The molecule has 8 bridgehead atoms. The first-order valence-corrected chi connectivity index (χ1v) is 10.7. The Bertz CT molecular complexity index is 631. The highest BCUT2D eigenvalue weighted by Crippen LogP contribution is 2.78. The molecule has 0 radical (unpaired) electrons. The Hall–Kier alpha value is -0.480. The van der Waals surface area contributed by atoms with Crippen molar-refractivity contribution in [2.45, 2.75) is 77.0 Å². The molecule has 0 aromatic rings. The van der Waals surface area contributed by atoms with E-state index in [1.54, 1.807) is 0 Å². The van der Waals surface area contributed by atoms with E-state index in [0.717, 1.165) is 38.5 Å². The van der Waals surface area contributed by atoms with Gasteiger partial charge in [0.2, 0.25) is 0 Å². The summed E-state index contributed by atoms with van der Waals surface area (Å²) >= 11 is 0. The largest absolute Gasteiger partial charge is 0.481 e. The van der Waals surface area contributed by atoms with Crippen LogP contribution >= 0.6 is 24.8 Å². The first kappa shape index (κ1) is 20.8. The van der Waals surface area contributed by atoms with E-state index < -0.39 is 22.8 Å². The first-order chi connectivity index (χ1) is 12.3. The lowest BCUT2D eigenvalue weighted by atomic mass is 9.31. The van der Waals surface area contributed by atoms with Gasteiger partial charge in [-0.05, 0) is 112 Å². The average Bonchev–Trinajstić information content (AvgIpc) is 2.52. The van der Waals surface area contributed by atoms with Crippen LogP contribution in [0.2, 0.25) is 0 Å². The molecule has 4 nitrogen and oxygen atoms in total. The van der Waals surface area contributed by atoms with E-state index in [1.165, 1.54) is 38.5 Å². The van der Waals surface area contributed by atoms with Gasteiger partial charge in [0.25, 0.3) is 0 Å². The van der Waals surface area contributed by atoms with E-state index in [-0.39, 0.29) is 35.6 Å². The fourth-order valence-electron chi connectivity index (χ4n) is 10.3. The molecule has 28 heavy (non-hydrogen) atoms. The molecule has 8 aliphatic carbocycles. The van der Waals surface area contributed by atoms with Gasteiger partial charge in [0.1, 0.15) is 0 Å². The maximum atomic E-state index is 12.3. The third kappa shape index (κ3) is 2.37. The monoisotopic (exact) mass is 430 g/mol. The summed E-state index contributed by atoms with van der Waals surface area (Å²) < 4.78 is 0. The molecule has 4 unspecified atom stereocenters. The summed E-state index contributed by atoms with van der Waals surface area (Å²) in [5, 5.41) is 20.2. The van der Waals surface area contributed by atoms with Crippen molar-refractivity contribution in [1.82, 2.24) is 0 Å². The summed E-state index contributed by atoms with van der Waals surface area (Å²) in [7, 11) is 0. The molecule has 2 N–H and O–H groups in total. The summed E-state index contributed by atoms with van der Waals surface area (Å²) in [6.45, 7) is 0. The normalized spacial score (nSPS) is 54.7. The number of hydrogen-bond acceptors (Lipinski definition) is 2. The molecule has 8 rings (SSSR count). The number of halogens is 2. The molecule has 6 heteroatoms. The number of aliphatic carboxylic acids is 2. The first-order valence-electron chi connectivity index (χ1n) is 10.7. The quantitative estimate of drug-likeness (QED) is 0.646. The third-order valence-corrected chi connectivity index (χ3v) is 10.2. The molecular weight excluding hydrogens is 399 g/mol. The van der Waals surface area contributed by atoms with Crippen molar-refractivity contribution in [2.24, 2.45) is 45.3 Å². The van der Waals surface area contributed by atoms with Crippen molar-refractivity contribution >= 4 is 36.8 Å².